The number of benzene rings is 2. The normalized spacial score (nSPS) is 17.1. The van der Waals surface area contributed by atoms with E-state index in [1.807, 2.05) is 0 Å². The van der Waals surface area contributed by atoms with E-state index in [1.165, 1.54) is 24.3 Å². The first-order valence-electron chi connectivity index (χ1n) is 11.6. The molecule has 7 heteroatoms. The van der Waals surface area contributed by atoms with Gasteiger partial charge in [-0.25, -0.2) is 0 Å². The van der Waals surface area contributed by atoms with Crippen LogP contribution in [0.25, 0.3) is 0 Å². The maximum atomic E-state index is 13.1. The molecule has 0 amide bonds. The molecule has 0 aromatic heterocycles. The number of rotatable bonds is 10. The second-order valence-electron chi connectivity index (χ2n) is 8.79. The highest BCUT2D eigenvalue weighted by Crippen LogP contribution is 2.36. The van der Waals surface area contributed by atoms with Gasteiger partial charge in [-0.05, 0) is 43.6 Å². The molecule has 2 atom stereocenters. The average Bonchev–Trinajstić information content (AvgIpc) is 3.40. The molecule has 2 aliphatic rings. The molecule has 178 valence electrons. The third-order valence-electron chi connectivity index (χ3n) is 6.41. The molecule has 0 aliphatic carbocycles. The first kappa shape index (κ1) is 23.9. The Morgan fingerprint density at radius 3 is 2.38 bits per heavy atom. The van der Waals surface area contributed by atoms with Gasteiger partial charge in [0, 0.05) is 30.0 Å². The fraction of sp³-hybridized carbons (Fsp3) is 0.370. The molecule has 34 heavy (non-hydrogen) atoms. The van der Waals surface area contributed by atoms with Crippen LogP contribution in [0.2, 0.25) is 0 Å². The molecule has 4 rings (SSSR count). The predicted molar refractivity (Wildman–Crippen MR) is 126 cm³/mol. The van der Waals surface area contributed by atoms with Crippen LogP contribution in [-0.4, -0.2) is 60.7 Å². The zero-order chi connectivity index (χ0) is 24.1. The van der Waals surface area contributed by atoms with Gasteiger partial charge in [0.2, 0.25) is 0 Å². The number of allylic oxidation sites excluding steroid dienone is 1. The molecule has 2 unspecified atom stereocenters. The van der Waals surface area contributed by atoms with E-state index in [9.17, 15) is 19.5 Å². The smallest absolute Gasteiger partial charge is 0.195 e. The zero-order valence-corrected chi connectivity index (χ0v) is 19.1. The highest BCUT2D eigenvalue weighted by atomic mass is 16.6. The van der Waals surface area contributed by atoms with Crippen molar-refractivity contribution in [3.05, 3.63) is 71.3 Å². The van der Waals surface area contributed by atoms with Gasteiger partial charge in [0.05, 0.1) is 11.7 Å². The standard InChI is InChI=1S/C27H29NO6/c1-18(26(31)20-6-4-19(17-29)5-7-20)23(30)14-22(16-28-10-2-3-11-28)27(32)21-8-9-24-25(15-21)34-13-12-33-24/h4-9,15,17,22,27,32H,1-3,10-14,16H2. The number of aldehydes is 1. The van der Waals surface area contributed by atoms with Crippen molar-refractivity contribution < 1.29 is 29.0 Å². The van der Waals surface area contributed by atoms with Crippen LogP contribution in [0.4, 0.5) is 0 Å². The number of hydrogen-bond acceptors (Lipinski definition) is 7. The van der Waals surface area contributed by atoms with Crippen LogP contribution in [0.15, 0.2) is 54.6 Å². The number of Topliss-reactive ketones (excluding diaryl/α,β-unsaturated/α-hetero) is 2. The number of likely N-dealkylation sites (tertiary alicyclic amines) is 1. The summed E-state index contributed by atoms with van der Waals surface area (Å²) < 4.78 is 11.2. The minimum absolute atomic E-state index is 0.0108. The van der Waals surface area contributed by atoms with Gasteiger partial charge < -0.3 is 19.5 Å². The summed E-state index contributed by atoms with van der Waals surface area (Å²) in [6, 6.07) is 11.4. The number of ether oxygens (including phenoxy) is 2. The Kier molecular flexibility index (Phi) is 7.55. The minimum Gasteiger partial charge on any atom is -0.486 e. The minimum atomic E-state index is -0.921. The second kappa shape index (κ2) is 10.8. The van der Waals surface area contributed by atoms with Crippen molar-refractivity contribution in [1.82, 2.24) is 4.90 Å². The van der Waals surface area contributed by atoms with E-state index in [4.69, 9.17) is 9.47 Å². The molecule has 1 fully saturated rings. The molecule has 0 radical (unpaired) electrons. The Morgan fingerprint density at radius 1 is 1.03 bits per heavy atom. The molecule has 0 saturated carbocycles. The lowest BCUT2D eigenvalue weighted by molar-refractivity contribution is -0.117. The summed E-state index contributed by atoms with van der Waals surface area (Å²) in [5.74, 6) is -0.0852. The highest BCUT2D eigenvalue weighted by molar-refractivity contribution is 6.25. The van der Waals surface area contributed by atoms with Crippen molar-refractivity contribution in [1.29, 1.82) is 0 Å². The number of fused-ring (bicyclic) bond motifs is 1. The zero-order valence-electron chi connectivity index (χ0n) is 19.1. The number of aliphatic hydroxyl groups is 1. The molecule has 1 N–H and O–H groups in total. The van der Waals surface area contributed by atoms with Gasteiger partial charge in [-0.2, -0.15) is 0 Å². The first-order chi connectivity index (χ1) is 16.5. The van der Waals surface area contributed by atoms with Gasteiger partial charge in [0.25, 0.3) is 0 Å². The fourth-order valence-electron chi connectivity index (χ4n) is 4.46. The van der Waals surface area contributed by atoms with Crippen LogP contribution < -0.4 is 9.47 Å². The number of carbonyl (C=O) groups is 3. The Labute approximate surface area is 199 Å². The summed E-state index contributed by atoms with van der Waals surface area (Å²) >= 11 is 0. The van der Waals surface area contributed by atoms with E-state index in [2.05, 4.69) is 11.5 Å². The molecule has 2 aromatic carbocycles. The largest absolute Gasteiger partial charge is 0.486 e. The van der Waals surface area contributed by atoms with Gasteiger partial charge in [-0.15, -0.1) is 0 Å². The lowest BCUT2D eigenvalue weighted by Gasteiger charge is -2.28. The van der Waals surface area contributed by atoms with Crippen molar-refractivity contribution in [3.8, 4) is 11.5 Å². The second-order valence-corrected chi connectivity index (χ2v) is 8.79. The molecule has 2 aliphatic heterocycles. The SMILES string of the molecule is C=C(C(=O)CC(CN1CCCC1)C(O)c1ccc2c(c1)OCCO2)C(=O)c1ccc(C=O)cc1. The highest BCUT2D eigenvalue weighted by Gasteiger charge is 2.30. The predicted octanol–water partition coefficient (Wildman–Crippen LogP) is 3.41. The van der Waals surface area contributed by atoms with E-state index in [1.54, 1.807) is 18.2 Å². The molecule has 2 aromatic rings. The van der Waals surface area contributed by atoms with E-state index in [-0.39, 0.29) is 12.0 Å². The third kappa shape index (κ3) is 5.43. The Balaban J connectivity index is 1.50. The number of carbonyl (C=O) groups excluding carboxylic acids is 3. The van der Waals surface area contributed by atoms with E-state index in [0.29, 0.717) is 54.2 Å². The topological polar surface area (TPSA) is 93.1 Å². The molecule has 0 bridgehead atoms. The first-order valence-corrected chi connectivity index (χ1v) is 11.6. The Hall–Kier alpha value is -3.29. The fourth-order valence-corrected chi connectivity index (χ4v) is 4.46. The lowest BCUT2D eigenvalue weighted by atomic mass is 9.87. The monoisotopic (exact) mass is 463 g/mol. The molecule has 0 spiro atoms. The average molecular weight is 464 g/mol. The van der Waals surface area contributed by atoms with Crippen molar-refractivity contribution in [2.75, 3.05) is 32.8 Å². The van der Waals surface area contributed by atoms with Crippen LogP contribution in [0.3, 0.4) is 0 Å². The molecular weight excluding hydrogens is 434 g/mol. The van der Waals surface area contributed by atoms with Crippen LogP contribution in [0, 0.1) is 5.92 Å². The van der Waals surface area contributed by atoms with E-state index >= 15 is 0 Å². The molecular formula is C27H29NO6. The molecule has 7 nitrogen and oxygen atoms in total. The number of nitrogens with zero attached hydrogens (tertiary/aromatic N) is 1. The van der Waals surface area contributed by atoms with Gasteiger partial charge in [-0.3, -0.25) is 14.4 Å². The summed E-state index contributed by atoms with van der Waals surface area (Å²) in [5, 5.41) is 11.3. The van der Waals surface area contributed by atoms with Gasteiger partial charge >= 0.3 is 0 Å². The summed E-state index contributed by atoms with van der Waals surface area (Å²) in [5.41, 5.74) is 1.26. The Morgan fingerprint density at radius 2 is 1.71 bits per heavy atom. The van der Waals surface area contributed by atoms with Crippen LogP contribution >= 0.6 is 0 Å². The van der Waals surface area contributed by atoms with Crippen LogP contribution in [0.1, 0.15) is 51.6 Å². The number of aliphatic hydroxyl groups excluding tert-OH is 1. The van der Waals surface area contributed by atoms with Gasteiger partial charge in [-0.1, -0.05) is 36.9 Å². The van der Waals surface area contributed by atoms with E-state index < -0.39 is 23.6 Å². The van der Waals surface area contributed by atoms with Crippen molar-refractivity contribution >= 4 is 17.9 Å². The lowest BCUT2D eigenvalue weighted by Crippen LogP contribution is -2.32. The van der Waals surface area contributed by atoms with E-state index in [0.717, 1.165) is 25.9 Å². The summed E-state index contributed by atoms with van der Waals surface area (Å²) in [6.07, 6.45) is 1.93. The third-order valence-corrected chi connectivity index (χ3v) is 6.41. The van der Waals surface area contributed by atoms with Gasteiger partial charge in [0.1, 0.15) is 19.5 Å². The number of ketones is 2. The Bertz CT molecular complexity index is 1070. The molecule has 1 saturated heterocycles. The maximum Gasteiger partial charge on any atom is 0.195 e. The molecule has 2 heterocycles. The van der Waals surface area contributed by atoms with Crippen molar-refractivity contribution in [3.63, 3.8) is 0 Å². The van der Waals surface area contributed by atoms with Crippen molar-refractivity contribution in [2.45, 2.75) is 25.4 Å². The number of hydrogen-bond donors (Lipinski definition) is 1. The summed E-state index contributed by atoms with van der Waals surface area (Å²) in [4.78, 5) is 39.0. The summed E-state index contributed by atoms with van der Waals surface area (Å²) in [7, 11) is 0. The van der Waals surface area contributed by atoms with Crippen molar-refractivity contribution in [2.24, 2.45) is 5.92 Å². The maximum absolute atomic E-state index is 13.1. The van der Waals surface area contributed by atoms with Crippen LogP contribution in [-0.2, 0) is 4.79 Å². The van der Waals surface area contributed by atoms with Gasteiger partial charge in [0.15, 0.2) is 23.1 Å². The summed E-state index contributed by atoms with van der Waals surface area (Å²) in [6.45, 7) is 7.05. The van der Waals surface area contributed by atoms with Crippen LogP contribution in [0.5, 0.6) is 11.5 Å². The quantitative estimate of drug-likeness (QED) is 0.190.